The van der Waals surface area contributed by atoms with Crippen LogP contribution in [-0.4, -0.2) is 16.5 Å². The summed E-state index contributed by atoms with van der Waals surface area (Å²) in [6.07, 6.45) is 3.88. The summed E-state index contributed by atoms with van der Waals surface area (Å²) in [6, 6.07) is 8.06. The van der Waals surface area contributed by atoms with Gasteiger partial charge in [-0.2, -0.15) is 0 Å². The second kappa shape index (κ2) is 5.03. The number of rotatable bonds is 2. The normalized spacial score (nSPS) is 17.9. The lowest BCUT2D eigenvalue weighted by atomic mass is 10.2. The van der Waals surface area contributed by atoms with Gasteiger partial charge >= 0.3 is 0 Å². The number of benzene rings is 1. The number of carbonyl (C=O) groups excluding carboxylic acids is 1. The second-order valence-electron chi connectivity index (χ2n) is 3.13. The molecule has 1 aromatic rings. The summed E-state index contributed by atoms with van der Waals surface area (Å²) in [5, 5.41) is 2.59. The molecule has 1 N–H and O–H groups in total. The molecule has 1 amide bonds. The average Bonchev–Trinajstić information content (AvgIpc) is 2.59. The molecule has 2 rings (SSSR count). The molecule has 0 aromatic heterocycles. The second-order valence-corrected chi connectivity index (χ2v) is 5.72. The van der Waals surface area contributed by atoms with Crippen molar-refractivity contribution in [1.82, 2.24) is 5.32 Å². The third-order valence-corrected chi connectivity index (χ3v) is 3.96. The predicted molar refractivity (Wildman–Crippen MR) is 74.5 cm³/mol. The van der Waals surface area contributed by atoms with E-state index in [0.717, 1.165) is 5.56 Å². The van der Waals surface area contributed by atoms with E-state index in [1.165, 1.54) is 16.7 Å². The van der Waals surface area contributed by atoms with E-state index >= 15 is 0 Å². The van der Waals surface area contributed by atoms with Crippen LogP contribution in [0.2, 0.25) is 0 Å². The Bertz CT molecular complexity index is 465. The third-order valence-electron chi connectivity index (χ3n) is 2.06. The quantitative estimate of drug-likeness (QED) is 0.507. The molecule has 0 aliphatic carbocycles. The molecule has 0 atom stereocenters. The molecule has 82 valence electrons. The highest BCUT2D eigenvalue weighted by molar-refractivity contribution is 8.26. The number of thiocarbonyl (C=S) groups is 1. The van der Waals surface area contributed by atoms with Gasteiger partial charge in [-0.05, 0) is 30.0 Å². The van der Waals surface area contributed by atoms with Gasteiger partial charge in [0.25, 0.3) is 5.91 Å². The first-order chi connectivity index (χ1) is 7.69. The van der Waals surface area contributed by atoms with Crippen molar-refractivity contribution in [3.63, 3.8) is 0 Å². The molecule has 0 bridgehead atoms. The summed E-state index contributed by atoms with van der Waals surface area (Å²) >= 11 is 7.92. The maximum atomic E-state index is 11.4. The standard InChI is InChI=1S/C11H9NOS3/c1-15-8-4-2-7(3-5-8)6-9-10(13)12-11(14)16-9/h2-6H,1H3,(H,12,13,14)/b9-6+. The molecular formula is C11H9NOS3. The Morgan fingerprint density at radius 1 is 1.38 bits per heavy atom. The molecule has 1 heterocycles. The van der Waals surface area contributed by atoms with Crippen molar-refractivity contribution < 1.29 is 4.79 Å². The van der Waals surface area contributed by atoms with Crippen LogP contribution in [0.4, 0.5) is 0 Å². The molecule has 1 aliphatic rings. The predicted octanol–water partition coefficient (Wildman–Crippen LogP) is 2.90. The first kappa shape index (κ1) is 11.7. The van der Waals surface area contributed by atoms with Crippen LogP contribution in [0.25, 0.3) is 6.08 Å². The summed E-state index contributed by atoms with van der Waals surface area (Å²) in [6.45, 7) is 0. The van der Waals surface area contributed by atoms with Gasteiger partial charge in [0.05, 0.1) is 4.91 Å². The Morgan fingerprint density at radius 2 is 2.06 bits per heavy atom. The van der Waals surface area contributed by atoms with E-state index in [2.05, 4.69) is 5.32 Å². The molecule has 0 radical (unpaired) electrons. The smallest absolute Gasteiger partial charge is 0.263 e. The fourth-order valence-corrected chi connectivity index (χ4v) is 2.73. The summed E-state index contributed by atoms with van der Waals surface area (Å²) in [5.74, 6) is -0.107. The molecule has 0 unspecified atom stereocenters. The Kier molecular flexibility index (Phi) is 3.68. The molecule has 1 aliphatic heterocycles. The highest BCUT2D eigenvalue weighted by atomic mass is 32.2. The molecule has 2 nitrogen and oxygen atoms in total. The van der Waals surface area contributed by atoms with Crippen molar-refractivity contribution in [2.75, 3.05) is 6.26 Å². The van der Waals surface area contributed by atoms with E-state index in [1.54, 1.807) is 11.8 Å². The molecular weight excluding hydrogens is 258 g/mol. The molecule has 5 heteroatoms. The number of hydrogen-bond acceptors (Lipinski definition) is 4. The molecule has 1 fully saturated rings. The van der Waals surface area contributed by atoms with Crippen molar-refractivity contribution in [3.05, 3.63) is 34.7 Å². The molecule has 16 heavy (non-hydrogen) atoms. The van der Waals surface area contributed by atoms with Gasteiger partial charge in [0, 0.05) is 4.90 Å². The lowest BCUT2D eigenvalue weighted by molar-refractivity contribution is -0.115. The summed E-state index contributed by atoms with van der Waals surface area (Å²) in [4.78, 5) is 13.3. The van der Waals surface area contributed by atoms with E-state index in [0.29, 0.717) is 9.23 Å². The summed E-state index contributed by atoms with van der Waals surface area (Å²) < 4.78 is 0.525. The molecule has 0 spiro atoms. The first-order valence-corrected chi connectivity index (χ1v) is 7.03. The Balaban J connectivity index is 2.22. The zero-order chi connectivity index (χ0) is 11.5. The maximum absolute atomic E-state index is 11.4. The van der Waals surface area contributed by atoms with Gasteiger partial charge in [0.2, 0.25) is 0 Å². The maximum Gasteiger partial charge on any atom is 0.263 e. The number of amides is 1. The van der Waals surface area contributed by atoms with E-state index in [1.807, 2.05) is 36.6 Å². The minimum atomic E-state index is -0.107. The van der Waals surface area contributed by atoms with E-state index < -0.39 is 0 Å². The fraction of sp³-hybridized carbons (Fsp3) is 0.0909. The zero-order valence-corrected chi connectivity index (χ0v) is 11.0. The van der Waals surface area contributed by atoms with Crippen LogP contribution in [0.1, 0.15) is 5.56 Å². The van der Waals surface area contributed by atoms with Gasteiger partial charge in [-0.15, -0.1) is 11.8 Å². The lowest BCUT2D eigenvalue weighted by Crippen LogP contribution is -2.17. The van der Waals surface area contributed by atoms with Crippen LogP contribution in [-0.2, 0) is 4.79 Å². The van der Waals surface area contributed by atoms with Crippen molar-refractivity contribution in [3.8, 4) is 0 Å². The minimum absolute atomic E-state index is 0.107. The van der Waals surface area contributed by atoms with Crippen LogP contribution in [0.5, 0.6) is 0 Å². The zero-order valence-electron chi connectivity index (χ0n) is 8.52. The molecule has 1 aromatic carbocycles. The Labute approximate surface area is 108 Å². The van der Waals surface area contributed by atoms with Crippen LogP contribution >= 0.6 is 35.7 Å². The Hall–Kier alpha value is -0.780. The van der Waals surface area contributed by atoms with Gasteiger partial charge in [-0.1, -0.05) is 36.1 Å². The van der Waals surface area contributed by atoms with E-state index in [9.17, 15) is 4.79 Å². The summed E-state index contributed by atoms with van der Waals surface area (Å²) in [5.41, 5.74) is 1.01. The monoisotopic (exact) mass is 267 g/mol. The number of thioether (sulfide) groups is 2. The third kappa shape index (κ3) is 2.66. The first-order valence-electron chi connectivity index (χ1n) is 4.58. The van der Waals surface area contributed by atoms with Crippen LogP contribution in [0, 0.1) is 0 Å². The van der Waals surface area contributed by atoms with Crippen molar-refractivity contribution in [2.24, 2.45) is 0 Å². The van der Waals surface area contributed by atoms with Gasteiger partial charge in [-0.3, -0.25) is 4.79 Å². The van der Waals surface area contributed by atoms with E-state index in [-0.39, 0.29) is 5.91 Å². The van der Waals surface area contributed by atoms with Gasteiger partial charge < -0.3 is 5.32 Å². The number of carbonyl (C=O) groups is 1. The van der Waals surface area contributed by atoms with Gasteiger partial charge in [-0.25, -0.2) is 0 Å². The summed E-state index contributed by atoms with van der Waals surface area (Å²) in [7, 11) is 0. The highest BCUT2D eigenvalue weighted by Crippen LogP contribution is 2.26. The van der Waals surface area contributed by atoms with Crippen molar-refractivity contribution in [1.29, 1.82) is 0 Å². The minimum Gasteiger partial charge on any atom is -0.307 e. The van der Waals surface area contributed by atoms with E-state index in [4.69, 9.17) is 12.2 Å². The Morgan fingerprint density at radius 3 is 2.56 bits per heavy atom. The SMILES string of the molecule is CSc1ccc(/C=C2/SC(=S)NC2=O)cc1. The highest BCUT2D eigenvalue weighted by Gasteiger charge is 2.21. The topological polar surface area (TPSA) is 29.1 Å². The van der Waals surface area contributed by atoms with Crippen LogP contribution in [0.3, 0.4) is 0 Å². The number of nitrogens with one attached hydrogen (secondary N) is 1. The number of hydrogen-bond donors (Lipinski definition) is 1. The fourth-order valence-electron chi connectivity index (χ4n) is 1.27. The molecule has 1 saturated heterocycles. The lowest BCUT2D eigenvalue weighted by Gasteiger charge is -1.97. The van der Waals surface area contributed by atoms with Gasteiger partial charge in [0.1, 0.15) is 4.32 Å². The van der Waals surface area contributed by atoms with Crippen LogP contribution in [0.15, 0.2) is 34.1 Å². The average molecular weight is 267 g/mol. The van der Waals surface area contributed by atoms with Crippen molar-refractivity contribution in [2.45, 2.75) is 4.90 Å². The largest absolute Gasteiger partial charge is 0.307 e. The van der Waals surface area contributed by atoms with Gasteiger partial charge in [0.15, 0.2) is 0 Å². The van der Waals surface area contributed by atoms with Crippen LogP contribution < -0.4 is 5.32 Å². The molecule has 0 saturated carbocycles. The van der Waals surface area contributed by atoms with Crippen molar-refractivity contribution >= 4 is 52.0 Å².